The van der Waals surface area contributed by atoms with Gasteiger partial charge in [0.25, 0.3) is 0 Å². The van der Waals surface area contributed by atoms with E-state index in [1.807, 2.05) is 20.8 Å². The number of ether oxygens (including phenoxy) is 2. The number of rotatable bonds is 16. The molecule has 0 spiro atoms. The molecule has 0 N–H and O–H groups in total. The molecule has 0 radical (unpaired) electrons. The third-order valence-electron chi connectivity index (χ3n) is 4.37. The molecule has 0 aliphatic heterocycles. The molecule has 0 heterocycles. The molecule has 152 valence electrons. The second-order valence-electron chi connectivity index (χ2n) is 6.81. The summed E-state index contributed by atoms with van der Waals surface area (Å²) in [6, 6.07) is 0. The zero-order chi connectivity index (χ0) is 19.6. The lowest BCUT2D eigenvalue weighted by Gasteiger charge is -2.13. The highest BCUT2D eigenvalue weighted by Crippen LogP contribution is 2.20. The van der Waals surface area contributed by atoms with Gasteiger partial charge in [0, 0.05) is 11.1 Å². The van der Waals surface area contributed by atoms with Crippen molar-refractivity contribution in [2.75, 3.05) is 13.2 Å². The van der Waals surface area contributed by atoms with Gasteiger partial charge in [0.1, 0.15) is 0 Å². The van der Waals surface area contributed by atoms with Gasteiger partial charge in [0.05, 0.1) is 13.2 Å². The Bertz CT molecular complexity index is 412. The van der Waals surface area contributed by atoms with Crippen LogP contribution in [0.25, 0.3) is 0 Å². The molecule has 4 nitrogen and oxygen atoms in total. The first kappa shape index (κ1) is 24.7. The summed E-state index contributed by atoms with van der Waals surface area (Å²) in [5.41, 5.74) is 1.01. The number of hydrogen-bond donors (Lipinski definition) is 0. The van der Waals surface area contributed by atoms with Gasteiger partial charge in [-0.15, -0.1) is 0 Å². The molecule has 0 aromatic rings. The van der Waals surface area contributed by atoms with E-state index in [9.17, 15) is 9.59 Å². The Balaban J connectivity index is 4.70. The lowest BCUT2D eigenvalue weighted by atomic mass is 9.98. The van der Waals surface area contributed by atoms with Crippen LogP contribution in [0.1, 0.15) is 105 Å². The maximum atomic E-state index is 12.4. The third kappa shape index (κ3) is 11.3. The molecule has 0 bridgehead atoms. The standard InChI is InChI=1S/C22H40O4/c1-5-9-10-11-12-13-14-15-16-20(22(24)26-18-7-3)19(8-4)21(23)25-17-6-2/h5-18H2,1-4H3/b20-19-. The second kappa shape index (κ2) is 17.1. The highest BCUT2D eigenvalue weighted by molar-refractivity contribution is 6.00. The van der Waals surface area contributed by atoms with Crippen molar-refractivity contribution in [2.24, 2.45) is 0 Å². The molecule has 0 fully saturated rings. The minimum absolute atomic E-state index is 0.347. The summed E-state index contributed by atoms with van der Waals surface area (Å²) in [5, 5.41) is 0. The molecule has 0 aliphatic carbocycles. The van der Waals surface area contributed by atoms with Gasteiger partial charge in [-0.25, -0.2) is 9.59 Å². The van der Waals surface area contributed by atoms with Crippen molar-refractivity contribution in [3.8, 4) is 0 Å². The van der Waals surface area contributed by atoms with Crippen LogP contribution in [0.3, 0.4) is 0 Å². The van der Waals surface area contributed by atoms with Crippen LogP contribution in [0, 0.1) is 0 Å². The van der Waals surface area contributed by atoms with Gasteiger partial charge in [-0.05, 0) is 32.1 Å². The van der Waals surface area contributed by atoms with Crippen LogP contribution in [0.15, 0.2) is 11.1 Å². The predicted molar refractivity (Wildman–Crippen MR) is 107 cm³/mol. The van der Waals surface area contributed by atoms with Gasteiger partial charge < -0.3 is 9.47 Å². The highest BCUT2D eigenvalue weighted by Gasteiger charge is 2.21. The van der Waals surface area contributed by atoms with Crippen LogP contribution in [-0.2, 0) is 19.1 Å². The van der Waals surface area contributed by atoms with Gasteiger partial charge in [0.15, 0.2) is 0 Å². The predicted octanol–water partition coefficient (Wildman–Crippen LogP) is 6.13. The van der Waals surface area contributed by atoms with Crippen LogP contribution < -0.4 is 0 Å². The zero-order valence-corrected chi connectivity index (χ0v) is 17.5. The van der Waals surface area contributed by atoms with Crippen molar-refractivity contribution >= 4 is 11.9 Å². The lowest BCUT2D eigenvalue weighted by Crippen LogP contribution is -2.17. The number of carbonyl (C=O) groups excluding carboxylic acids is 2. The molecule has 0 rings (SSSR count). The maximum absolute atomic E-state index is 12.4. The first-order valence-corrected chi connectivity index (χ1v) is 10.7. The molecule has 0 aliphatic rings. The summed E-state index contributed by atoms with van der Waals surface area (Å²) < 4.78 is 10.6. The Morgan fingerprint density at radius 2 is 1.04 bits per heavy atom. The normalized spacial score (nSPS) is 11.8. The molecular weight excluding hydrogens is 328 g/mol. The number of unbranched alkanes of at least 4 members (excludes halogenated alkanes) is 7. The summed E-state index contributed by atoms with van der Waals surface area (Å²) in [5.74, 6) is -0.711. The fraction of sp³-hybridized carbons (Fsp3) is 0.818. The fourth-order valence-corrected chi connectivity index (χ4v) is 2.86. The van der Waals surface area contributed by atoms with Gasteiger partial charge in [-0.3, -0.25) is 0 Å². The second-order valence-corrected chi connectivity index (χ2v) is 6.81. The summed E-state index contributed by atoms with van der Waals surface area (Å²) in [6.07, 6.45) is 12.3. The van der Waals surface area contributed by atoms with Crippen LogP contribution in [-0.4, -0.2) is 25.2 Å². The van der Waals surface area contributed by atoms with Crippen LogP contribution >= 0.6 is 0 Å². The molecule has 0 saturated heterocycles. The van der Waals surface area contributed by atoms with E-state index in [2.05, 4.69) is 6.92 Å². The highest BCUT2D eigenvalue weighted by atomic mass is 16.5. The lowest BCUT2D eigenvalue weighted by molar-refractivity contribution is -0.142. The van der Waals surface area contributed by atoms with E-state index in [4.69, 9.17) is 9.47 Å². The number of carbonyl (C=O) groups is 2. The molecule has 4 heteroatoms. The molecular formula is C22H40O4. The summed E-state index contributed by atoms with van der Waals surface area (Å²) in [7, 11) is 0. The van der Waals surface area contributed by atoms with Crippen molar-refractivity contribution < 1.29 is 19.1 Å². The maximum Gasteiger partial charge on any atom is 0.334 e. The smallest absolute Gasteiger partial charge is 0.334 e. The van der Waals surface area contributed by atoms with Crippen molar-refractivity contribution in [1.82, 2.24) is 0 Å². The van der Waals surface area contributed by atoms with E-state index in [0.29, 0.717) is 37.2 Å². The van der Waals surface area contributed by atoms with E-state index < -0.39 is 0 Å². The Labute approximate surface area is 160 Å². The average molecular weight is 369 g/mol. The van der Waals surface area contributed by atoms with E-state index in [0.717, 1.165) is 25.7 Å². The Morgan fingerprint density at radius 1 is 0.577 bits per heavy atom. The first-order valence-electron chi connectivity index (χ1n) is 10.7. The van der Waals surface area contributed by atoms with Gasteiger partial charge in [-0.2, -0.15) is 0 Å². The summed E-state index contributed by atoms with van der Waals surface area (Å²) >= 11 is 0. The van der Waals surface area contributed by atoms with Gasteiger partial charge in [-0.1, -0.05) is 72.6 Å². The van der Waals surface area contributed by atoms with Crippen molar-refractivity contribution in [3.05, 3.63) is 11.1 Å². The molecule has 26 heavy (non-hydrogen) atoms. The summed E-state index contributed by atoms with van der Waals surface area (Å²) in [6.45, 7) is 8.81. The van der Waals surface area contributed by atoms with Crippen LogP contribution in [0.4, 0.5) is 0 Å². The van der Waals surface area contributed by atoms with Crippen molar-refractivity contribution in [3.63, 3.8) is 0 Å². The average Bonchev–Trinajstić information content (AvgIpc) is 2.65. The summed E-state index contributed by atoms with van der Waals surface area (Å²) in [4.78, 5) is 24.7. The molecule has 0 amide bonds. The molecule has 0 atom stereocenters. The third-order valence-corrected chi connectivity index (χ3v) is 4.37. The zero-order valence-electron chi connectivity index (χ0n) is 17.5. The van der Waals surface area contributed by atoms with Gasteiger partial charge in [0.2, 0.25) is 0 Å². The van der Waals surface area contributed by atoms with E-state index in [1.165, 1.54) is 38.5 Å². The quantitative estimate of drug-likeness (QED) is 0.187. The fourth-order valence-electron chi connectivity index (χ4n) is 2.86. The van der Waals surface area contributed by atoms with E-state index in [-0.39, 0.29) is 11.9 Å². The SMILES string of the molecule is CCCCCCCCCC/C(C(=O)OCCC)=C(\CC)C(=O)OCCC. The number of esters is 2. The topological polar surface area (TPSA) is 52.6 Å². The van der Waals surface area contributed by atoms with Crippen molar-refractivity contribution in [1.29, 1.82) is 0 Å². The molecule has 0 unspecified atom stereocenters. The minimum Gasteiger partial charge on any atom is -0.462 e. The molecule has 0 saturated carbocycles. The largest absolute Gasteiger partial charge is 0.462 e. The minimum atomic E-state index is -0.364. The van der Waals surface area contributed by atoms with Gasteiger partial charge >= 0.3 is 11.9 Å². The van der Waals surface area contributed by atoms with Crippen LogP contribution in [0.5, 0.6) is 0 Å². The van der Waals surface area contributed by atoms with E-state index >= 15 is 0 Å². The molecule has 0 aromatic heterocycles. The van der Waals surface area contributed by atoms with Crippen molar-refractivity contribution in [2.45, 2.75) is 105 Å². The Hall–Kier alpha value is -1.32. The monoisotopic (exact) mass is 368 g/mol. The Kier molecular flexibility index (Phi) is 16.2. The van der Waals surface area contributed by atoms with E-state index in [1.54, 1.807) is 0 Å². The molecule has 0 aromatic carbocycles. The Morgan fingerprint density at radius 3 is 1.50 bits per heavy atom. The number of hydrogen-bond acceptors (Lipinski definition) is 4. The van der Waals surface area contributed by atoms with Crippen LogP contribution in [0.2, 0.25) is 0 Å². The first-order chi connectivity index (χ1) is 12.6.